The highest BCUT2D eigenvalue weighted by Crippen LogP contribution is 2.24. The lowest BCUT2D eigenvalue weighted by molar-refractivity contribution is 0.101. The molecule has 2 aromatic carbocycles. The van der Waals surface area contributed by atoms with Crippen LogP contribution < -0.4 is 10.0 Å². The third-order valence-corrected chi connectivity index (χ3v) is 5.44. The Morgan fingerprint density at radius 3 is 2.46 bits per heavy atom. The molecule has 2 N–H and O–H groups in total. The first-order valence-corrected chi connectivity index (χ1v) is 9.49. The van der Waals surface area contributed by atoms with Crippen LogP contribution in [0.3, 0.4) is 0 Å². The normalized spacial score (nSPS) is 14.1. The molecule has 0 spiro atoms. The molecule has 0 saturated heterocycles. The number of amides is 1. The molecular weight excluding hydrogens is 359 g/mol. The van der Waals surface area contributed by atoms with E-state index in [2.05, 4.69) is 10.0 Å². The second-order valence-electron chi connectivity index (χ2n) is 6.13. The highest BCUT2D eigenvalue weighted by molar-refractivity contribution is 7.89. The van der Waals surface area contributed by atoms with Crippen molar-refractivity contribution in [2.45, 2.75) is 30.7 Å². The van der Waals surface area contributed by atoms with Gasteiger partial charge >= 0.3 is 0 Å². The van der Waals surface area contributed by atoms with Crippen molar-refractivity contribution >= 4 is 27.4 Å². The Morgan fingerprint density at radius 2 is 1.81 bits per heavy atom. The van der Waals surface area contributed by atoms with Gasteiger partial charge in [0.25, 0.3) is 5.91 Å². The monoisotopic (exact) mass is 376 g/mol. The SMILES string of the molecule is CC(=O)c1cccc(NC(=O)c2ccc(F)c(S(=O)(=O)NC3CC3)c2)c1. The summed E-state index contributed by atoms with van der Waals surface area (Å²) < 4.78 is 40.8. The largest absolute Gasteiger partial charge is 0.322 e. The Balaban J connectivity index is 1.85. The molecule has 0 aromatic heterocycles. The molecule has 0 unspecified atom stereocenters. The van der Waals surface area contributed by atoms with Crippen LogP contribution in [0.25, 0.3) is 0 Å². The van der Waals surface area contributed by atoms with Gasteiger partial charge in [-0.2, -0.15) is 0 Å². The molecule has 0 aliphatic heterocycles. The number of Topliss-reactive ketones (excluding diaryl/α,β-unsaturated/α-hetero) is 1. The van der Waals surface area contributed by atoms with Crippen molar-refractivity contribution in [2.75, 3.05) is 5.32 Å². The average molecular weight is 376 g/mol. The molecule has 0 radical (unpaired) electrons. The van der Waals surface area contributed by atoms with E-state index in [0.717, 1.165) is 12.1 Å². The van der Waals surface area contributed by atoms with Crippen molar-refractivity contribution in [3.63, 3.8) is 0 Å². The predicted molar refractivity (Wildman–Crippen MR) is 94.1 cm³/mol. The number of sulfonamides is 1. The van der Waals surface area contributed by atoms with E-state index in [4.69, 9.17) is 0 Å². The van der Waals surface area contributed by atoms with Crippen LogP contribution in [0.1, 0.15) is 40.5 Å². The minimum absolute atomic E-state index is 0.00389. The number of carbonyl (C=O) groups is 2. The van der Waals surface area contributed by atoms with Crippen LogP contribution in [-0.2, 0) is 10.0 Å². The van der Waals surface area contributed by atoms with Crippen LogP contribution in [0.2, 0.25) is 0 Å². The third-order valence-electron chi connectivity index (χ3n) is 3.91. The van der Waals surface area contributed by atoms with Crippen molar-refractivity contribution in [1.82, 2.24) is 4.72 Å². The summed E-state index contributed by atoms with van der Waals surface area (Å²) in [6.45, 7) is 1.41. The second-order valence-corrected chi connectivity index (χ2v) is 7.81. The van der Waals surface area contributed by atoms with Crippen LogP contribution in [0.15, 0.2) is 47.4 Å². The summed E-state index contributed by atoms with van der Waals surface area (Å²) in [5.74, 6) is -1.68. The van der Waals surface area contributed by atoms with Gasteiger partial charge in [-0.15, -0.1) is 0 Å². The molecule has 0 heterocycles. The smallest absolute Gasteiger partial charge is 0.255 e. The Bertz CT molecular complexity index is 984. The Hall–Kier alpha value is -2.58. The van der Waals surface area contributed by atoms with Gasteiger partial charge in [-0.3, -0.25) is 9.59 Å². The summed E-state index contributed by atoms with van der Waals surface area (Å²) in [7, 11) is -4.02. The van der Waals surface area contributed by atoms with Crippen LogP contribution in [0, 0.1) is 5.82 Å². The lowest BCUT2D eigenvalue weighted by atomic mass is 10.1. The summed E-state index contributed by atoms with van der Waals surface area (Å²) in [5, 5.41) is 2.58. The average Bonchev–Trinajstić information content (AvgIpc) is 3.38. The van der Waals surface area contributed by atoms with Crippen molar-refractivity contribution in [3.8, 4) is 0 Å². The summed E-state index contributed by atoms with van der Waals surface area (Å²) in [6, 6.07) is 9.32. The van der Waals surface area contributed by atoms with Gasteiger partial charge in [-0.05, 0) is 50.1 Å². The molecule has 1 aliphatic carbocycles. The first-order chi connectivity index (χ1) is 12.3. The van der Waals surface area contributed by atoms with Crippen molar-refractivity contribution in [2.24, 2.45) is 0 Å². The minimum Gasteiger partial charge on any atom is -0.322 e. The number of hydrogen-bond donors (Lipinski definition) is 2. The molecule has 8 heteroatoms. The molecule has 1 saturated carbocycles. The van der Waals surface area contributed by atoms with E-state index in [-0.39, 0.29) is 17.4 Å². The van der Waals surface area contributed by atoms with E-state index in [9.17, 15) is 22.4 Å². The van der Waals surface area contributed by atoms with Gasteiger partial charge in [0.05, 0.1) is 0 Å². The van der Waals surface area contributed by atoms with Gasteiger partial charge < -0.3 is 5.32 Å². The number of benzene rings is 2. The Kier molecular flexibility index (Phi) is 4.88. The predicted octanol–water partition coefficient (Wildman–Crippen LogP) is 2.72. The van der Waals surface area contributed by atoms with E-state index in [1.807, 2.05) is 0 Å². The Labute approximate surface area is 150 Å². The molecule has 1 amide bonds. The number of rotatable bonds is 6. The lowest BCUT2D eigenvalue weighted by Crippen LogP contribution is -2.27. The highest BCUT2D eigenvalue weighted by atomic mass is 32.2. The van der Waals surface area contributed by atoms with Gasteiger partial charge in [0.2, 0.25) is 10.0 Å². The standard InChI is InChI=1S/C18H17FN2O4S/c1-11(22)12-3-2-4-15(9-12)20-18(23)13-5-8-16(19)17(10-13)26(24,25)21-14-6-7-14/h2-5,8-10,14,21H,6-7H2,1H3,(H,20,23). The van der Waals surface area contributed by atoms with Gasteiger partial charge in [0.1, 0.15) is 10.7 Å². The van der Waals surface area contributed by atoms with E-state index in [0.29, 0.717) is 24.1 Å². The molecule has 1 aliphatic rings. The zero-order valence-corrected chi connectivity index (χ0v) is 14.8. The molecule has 136 valence electrons. The number of carbonyl (C=O) groups excluding carboxylic acids is 2. The lowest BCUT2D eigenvalue weighted by Gasteiger charge is -2.10. The van der Waals surface area contributed by atoms with E-state index < -0.39 is 26.6 Å². The van der Waals surface area contributed by atoms with Crippen LogP contribution in [0.5, 0.6) is 0 Å². The Morgan fingerprint density at radius 1 is 1.08 bits per heavy atom. The van der Waals surface area contributed by atoms with Gasteiger partial charge in [0.15, 0.2) is 5.78 Å². The fraction of sp³-hybridized carbons (Fsp3) is 0.222. The van der Waals surface area contributed by atoms with E-state index in [1.165, 1.54) is 19.1 Å². The number of halogens is 1. The summed E-state index contributed by atoms with van der Waals surface area (Å²) in [6.07, 6.45) is 1.43. The topological polar surface area (TPSA) is 92.3 Å². The molecule has 6 nitrogen and oxygen atoms in total. The fourth-order valence-electron chi connectivity index (χ4n) is 2.35. The number of ketones is 1. The first-order valence-electron chi connectivity index (χ1n) is 8.00. The van der Waals surface area contributed by atoms with E-state index >= 15 is 0 Å². The third kappa shape index (κ3) is 4.14. The zero-order valence-electron chi connectivity index (χ0n) is 14.0. The number of nitrogens with one attached hydrogen (secondary N) is 2. The molecular formula is C18H17FN2O4S. The van der Waals surface area contributed by atoms with Crippen LogP contribution in [0.4, 0.5) is 10.1 Å². The zero-order chi connectivity index (χ0) is 18.9. The molecule has 1 fully saturated rings. The maximum absolute atomic E-state index is 14.0. The van der Waals surface area contributed by atoms with E-state index in [1.54, 1.807) is 18.2 Å². The first kappa shape index (κ1) is 18.2. The molecule has 26 heavy (non-hydrogen) atoms. The second kappa shape index (κ2) is 6.97. The van der Waals surface area contributed by atoms with Crippen molar-refractivity contribution in [1.29, 1.82) is 0 Å². The van der Waals surface area contributed by atoms with Crippen LogP contribution >= 0.6 is 0 Å². The van der Waals surface area contributed by atoms with Gasteiger partial charge in [-0.1, -0.05) is 12.1 Å². The summed E-state index contributed by atoms with van der Waals surface area (Å²) in [4.78, 5) is 23.2. The molecule has 0 atom stereocenters. The quantitative estimate of drug-likeness (QED) is 0.758. The fourth-order valence-corrected chi connectivity index (χ4v) is 3.76. The van der Waals surface area contributed by atoms with Crippen molar-refractivity contribution in [3.05, 3.63) is 59.4 Å². The highest BCUT2D eigenvalue weighted by Gasteiger charge is 2.30. The number of anilines is 1. The maximum Gasteiger partial charge on any atom is 0.255 e. The van der Waals surface area contributed by atoms with Crippen molar-refractivity contribution < 1.29 is 22.4 Å². The van der Waals surface area contributed by atoms with Crippen LogP contribution in [-0.4, -0.2) is 26.2 Å². The molecule has 2 aromatic rings. The number of hydrogen-bond acceptors (Lipinski definition) is 4. The molecule has 0 bridgehead atoms. The minimum atomic E-state index is -4.02. The van der Waals surface area contributed by atoms with Gasteiger partial charge in [-0.25, -0.2) is 17.5 Å². The summed E-state index contributed by atoms with van der Waals surface area (Å²) >= 11 is 0. The summed E-state index contributed by atoms with van der Waals surface area (Å²) in [5.41, 5.74) is 0.808. The molecule has 3 rings (SSSR count). The van der Waals surface area contributed by atoms with Gasteiger partial charge in [0, 0.05) is 22.9 Å². The maximum atomic E-state index is 14.0.